The van der Waals surface area contributed by atoms with Crippen molar-refractivity contribution in [1.82, 2.24) is 9.80 Å². The Hall–Kier alpha value is -0.650. The van der Waals surface area contributed by atoms with Gasteiger partial charge in [0.05, 0.1) is 18.8 Å². The smallest absolute Gasteiger partial charge is 0.222 e. The van der Waals surface area contributed by atoms with Crippen molar-refractivity contribution in [3.63, 3.8) is 0 Å². The van der Waals surface area contributed by atoms with Crippen LogP contribution in [0.25, 0.3) is 0 Å². The summed E-state index contributed by atoms with van der Waals surface area (Å²) in [6, 6.07) is 0. The zero-order chi connectivity index (χ0) is 18.1. The summed E-state index contributed by atoms with van der Waals surface area (Å²) in [6.07, 6.45) is 2.17. The number of rotatable bonds is 10. The van der Waals surface area contributed by atoms with Crippen LogP contribution in [-0.4, -0.2) is 72.4 Å². The number of hydrogen-bond donors (Lipinski definition) is 1. The maximum Gasteiger partial charge on any atom is 0.222 e. The van der Waals surface area contributed by atoms with Gasteiger partial charge in [-0.3, -0.25) is 9.69 Å². The molecule has 0 saturated carbocycles. The van der Waals surface area contributed by atoms with E-state index in [0.29, 0.717) is 38.0 Å². The standard InChI is InChI=1S/C19H38N2O3/c1-6-17(22)12-20-9-10-24-18(13-20)14-21(8-7-15(2)3)19(23)11-16(4)5/h15-18,22H,6-14H2,1-5H3. The maximum atomic E-state index is 12.6. The number of aliphatic hydroxyl groups is 1. The zero-order valence-corrected chi connectivity index (χ0v) is 16.3. The Kier molecular flexibility index (Phi) is 9.86. The highest BCUT2D eigenvalue weighted by atomic mass is 16.5. The number of carbonyl (C=O) groups excluding carboxylic acids is 1. The molecule has 0 aromatic carbocycles. The van der Waals surface area contributed by atoms with E-state index in [1.807, 2.05) is 11.8 Å². The van der Waals surface area contributed by atoms with E-state index in [9.17, 15) is 9.90 Å². The minimum absolute atomic E-state index is 0.0473. The predicted molar refractivity (Wildman–Crippen MR) is 98.0 cm³/mol. The predicted octanol–water partition coefficient (Wildman–Crippen LogP) is 2.38. The van der Waals surface area contributed by atoms with E-state index >= 15 is 0 Å². The normalized spacial score (nSPS) is 20.6. The number of morpholine rings is 1. The van der Waals surface area contributed by atoms with E-state index in [2.05, 4.69) is 32.6 Å². The van der Waals surface area contributed by atoms with Crippen LogP contribution >= 0.6 is 0 Å². The van der Waals surface area contributed by atoms with Crippen molar-refractivity contribution < 1.29 is 14.6 Å². The van der Waals surface area contributed by atoms with E-state index in [4.69, 9.17) is 4.74 Å². The Morgan fingerprint density at radius 1 is 1.29 bits per heavy atom. The van der Waals surface area contributed by atoms with E-state index in [-0.39, 0.29) is 18.1 Å². The first-order valence-corrected chi connectivity index (χ1v) is 9.61. The van der Waals surface area contributed by atoms with Crippen LogP contribution in [0.15, 0.2) is 0 Å². The molecule has 2 atom stereocenters. The molecule has 142 valence electrons. The van der Waals surface area contributed by atoms with Crippen molar-refractivity contribution >= 4 is 5.91 Å². The fraction of sp³-hybridized carbons (Fsp3) is 0.947. The van der Waals surface area contributed by atoms with Crippen LogP contribution in [-0.2, 0) is 9.53 Å². The summed E-state index contributed by atoms with van der Waals surface area (Å²) < 4.78 is 5.90. The Labute approximate surface area is 148 Å². The fourth-order valence-corrected chi connectivity index (χ4v) is 2.94. The van der Waals surface area contributed by atoms with Crippen molar-refractivity contribution in [1.29, 1.82) is 0 Å². The first kappa shape index (κ1) is 21.4. The van der Waals surface area contributed by atoms with Gasteiger partial charge in [0, 0.05) is 39.1 Å². The van der Waals surface area contributed by atoms with E-state index < -0.39 is 0 Å². The summed E-state index contributed by atoms with van der Waals surface area (Å²) in [7, 11) is 0. The first-order valence-electron chi connectivity index (χ1n) is 9.61. The van der Waals surface area contributed by atoms with Gasteiger partial charge in [0.2, 0.25) is 5.91 Å². The highest BCUT2D eigenvalue weighted by Gasteiger charge is 2.26. The molecule has 1 amide bonds. The molecule has 1 aliphatic rings. The lowest BCUT2D eigenvalue weighted by Gasteiger charge is -2.36. The topological polar surface area (TPSA) is 53.0 Å². The van der Waals surface area contributed by atoms with Gasteiger partial charge >= 0.3 is 0 Å². The third-order valence-electron chi connectivity index (χ3n) is 4.50. The van der Waals surface area contributed by atoms with Gasteiger partial charge in [-0.1, -0.05) is 34.6 Å². The quantitative estimate of drug-likeness (QED) is 0.662. The monoisotopic (exact) mass is 342 g/mol. The van der Waals surface area contributed by atoms with Crippen LogP contribution in [0.3, 0.4) is 0 Å². The maximum absolute atomic E-state index is 12.6. The van der Waals surface area contributed by atoms with Crippen LogP contribution < -0.4 is 0 Å². The van der Waals surface area contributed by atoms with Gasteiger partial charge in [-0.05, 0) is 24.7 Å². The third-order valence-corrected chi connectivity index (χ3v) is 4.50. The molecule has 24 heavy (non-hydrogen) atoms. The minimum Gasteiger partial charge on any atom is -0.392 e. The van der Waals surface area contributed by atoms with Gasteiger partial charge in [0.25, 0.3) is 0 Å². The molecule has 1 heterocycles. The average molecular weight is 343 g/mol. The molecule has 5 nitrogen and oxygen atoms in total. The van der Waals surface area contributed by atoms with Crippen LogP contribution in [0, 0.1) is 11.8 Å². The molecule has 5 heteroatoms. The highest BCUT2D eigenvalue weighted by Crippen LogP contribution is 2.13. The molecule has 0 aliphatic carbocycles. The Bertz CT molecular complexity index is 361. The van der Waals surface area contributed by atoms with E-state index in [0.717, 1.165) is 32.5 Å². The molecule has 1 rings (SSSR count). The van der Waals surface area contributed by atoms with Gasteiger partial charge < -0.3 is 14.7 Å². The lowest BCUT2D eigenvalue weighted by atomic mass is 10.1. The Morgan fingerprint density at radius 3 is 2.58 bits per heavy atom. The molecular formula is C19H38N2O3. The lowest BCUT2D eigenvalue weighted by Crippen LogP contribution is -2.50. The molecule has 0 aromatic rings. The van der Waals surface area contributed by atoms with Crippen molar-refractivity contribution in [2.75, 3.05) is 39.3 Å². The first-order chi connectivity index (χ1) is 11.3. The molecule has 0 aromatic heterocycles. The van der Waals surface area contributed by atoms with Crippen molar-refractivity contribution in [2.24, 2.45) is 11.8 Å². The third kappa shape index (κ3) is 8.45. The number of aliphatic hydroxyl groups excluding tert-OH is 1. The van der Waals surface area contributed by atoms with E-state index in [1.165, 1.54) is 0 Å². The SMILES string of the molecule is CCC(O)CN1CCOC(CN(CCC(C)C)C(=O)CC(C)C)C1. The van der Waals surface area contributed by atoms with Crippen LogP contribution in [0.1, 0.15) is 53.9 Å². The molecule has 1 saturated heterocycles. The second kappa shape index (κ2) is 11.1. The molecule has 1 fully saturated rings. The highest BCUT2D eigenvalue weighted by molar-refractivity contribution is 5.76. The Balaban J connectivity index is 2.58. The summed E-state index contributed by atoms with van der Waals surface area (Å²) >= 11 is 0. The molecule has 1 aliphatic heterocycles. The van der Waals surface area contributed by atoms with Crippen molar-refractivity contribution in [3.05, 3.63) is 0 Å². The minimum atomic E-state index is -0.275. The van der Waals surface area contributed by atoms with Gasteiger partial charge in [0.1, 0.15) is 0 Å². The number of ether oxygens (including phenoxy) is 1. The van der Waals surface area contributed by atoms with Crippen LogP contribution in [0.5, 0.6) is 0 Å². The van der Waals surface area contributed by atoms with Gasteiger partial charge in [-0.2, -0.15) is 0 Å². The second-order valence-electron chi connectivity index (χ2n) is 7.93. The molecule has 0 spiro atoms. The van der Waals surface area contributed by atoms with Gasteiger partial charge in [-0.15, -0.1) is 0 Å². The number of amides is 1. The van der Waals surface area contributed by atoms with Crippen LogP contribution in [0.4, 0.5) is 0 Å². The number of nitrogens with zero attached hydrogens (tertiary/aromatic N) is 2. The molecule has 0 radical (unpaired) electrons. The van der Waals surface area contributed by atoms with Gasteiger partial charge in [0.15, 0.2) is 0 Å². The van der Waals surface area contributed by atoms with Crippen LogP contribution in [0.2, 0.25) is 0 Å². The number of hydrogen-bond acceptors (Lipinski definition) is 4. The number of carbonyl (C=O) groups is 1. The molecule has 2 unspecified atom stereocenters. The summed E-state index contributed by atoms with van der Waals surface area (Å²) in [5.74, 6) is 1.20. The molecular weight excluding hydrogens is 304 g/mol. The van der Waals surface area contributed by atoms with Gasteiger partial charge in [-0.25, -0.2) is 0 Å². The van der Waals surface area contributed by atoms with Crippen molar-refractivity contribution in [2.45, 2.75) is 66.1 Å². The zero-order valence-electron chi connectivity index (χ0n) is 16.3. The summed E-state index contributed by atoms with van der Waals surface area (Å²) in [5, 5.41) is 9.86. The summed E-state index contributed by atoms with van der Waals surface area (Å²) in [6.45, 7) is 15.1. The fourth-order valence-electron chi connectivity index (χ4n) is 2.94. The Morgan fingerprint density at radius 2 is 2.00 bits per heavy atom. The lowest BCUT2D eigenvalue weighted by molar-refractivity contribution is -0.135. The van der Waals surface area contributed by atoms with Crippen molar-refractivity contribution in [3.8, 4) is 0 Å². The van der Waals surface area contributed by atoms with E-state index in [1.54, 1.807) is 0 Å². The molecule has 0 bridgehead atoms. The molecule has 1 N–H and O–H groups in total. The number of β-amino-alcohol motifs (C(OH)–C–C–N with tert-alkyl or cyclic N) is 1. The second-order valence-corrected chi connectivity index (χ2v) is 7.93. The summed E-state index contributed by atoms with van der Waals surface area (Å²) in [5.41, 5.74) is 0. The summed E-state index contributed by atoms with van der Waals surface area (Å²) in [4.78, 5) is 16.8. The average Bonchev–Trinajstić information content (AvgIpc) is 2.50. The largest absolute Gasteiger partial charge is 0.392 e.